The first-order valence-corrected chi connectivity index (χ1v) is 9.48. The van der Waals surface area contributed by atoms with Gasteiger partial charge in [0.05, 0.1) is 18.7 Å². The number of amides is 1. The van der Waals surface area contributed by atoms with Crippen molar-refractivity contribution < 1.29 is 9.53 Å². The number of piperazine rings is 1. The van der Waals surface area contributed by atoms with Gasteiger partial charge >= 0.3 is 0 Å². The first kappa shape index (κ1) is 16.9. The Labute approximate surface area is 142 Å². The molecule has 128 valence electrons. The monoisotopic (exact) mass is 337 g/mol. The Morgan fingerprint density at radius 2 is 2.26 bits per heavy atom. The number of nitrogens with one attached hydrogen (secondary N) is 1. The van der Waals surface area contributed by atoms with Crippen LogP contribution in [0.5, 0.6) is 0 Å². The zero-order valence-electron chi connectivity index (χ0n) is 13.9. The van der Waals surface area contributed by atoms with Crippen LogP contribution in [0.1, 0.15) is 24.6 Å². The van der Waals surface area contributed by atoms with Crippen molar-refractivity contribution in [2.45, 2.75) is 38.5 Å². The molecule has 3 heterocycles. The standard InChI is InChI=1S/C17H27N3O2S/c1-14(17(21)18-12-16-5-3-11-23-16)20-8-6-19(7-9-20)13-15-4-2-10-22-15/h3,5,11,14-15H,2,4,6-10,12-13H2,1H3,(H,18,21). The molecule has 0 saturated carbocycles. The Hall–Kier alpha value is -0.950. The lowest BCUT2D eigenvalue weighted by Crippen LogP contribution is -2.54. The van der Waals surface area contributed by atoms with Crippen LogP contribution in [-0.4, -0.2) is 67.2 Å². The van der Waals surface area contributed by atoms with Gasteiger partial charge in [-0.2, -0.15) is 0 Å². The Morgan fingerprint density at radius 1 is 1.43 bits per heavy atom. The molecule has 2 atom stereocenters. The highest BCUT2D eigenvalue weighted by Crippen LogP contribution is 2.15. The highest BCUT2D eigenvalue weighted by Gasteiger charge is 2.27. The maximum Gasteiger partial charge on any atom is 0.237 e. The molecule has 2 saturated heterocycles. The summed E-state index contributed by atoms with van der Waals surface area (Å²) in [6.45, 7) is 8.60. The number of rotatable bonds is 6. The van der Waals surface area contributed by atoms with Crippen molar-refractivity contribution in [1.82, 2.24) is 15.1 Å². The summed E-state index contributed by atoms with van der Waals surface area (Å²) in [7, 11) is 0. The normalized spacial score (nSPS) is 24.7. The Bertz CT molecular complexity index is 480. The summed E-state index contributed by atoms with van der Waals surface area (Å²) in [6.07, 6.45) is 2.82. The fourth-order valence-corrected chi connectivity index (χ4v) is 3.96. The maximum atomic E-state index is 12.3. The van der Waals surface area contributed by atoms with E-state index >= 15 is 0 Å². The summed E-state index contributed by atoms with van der Waals surface area (Å²) >= 11 is 1.68. The number of hydrogen-bond donors (Lipinski definition) is 1. The molecule has 1 aromatic heterocycles. The lowest BCUT2D eigenvalue weighted by Gasteiger charge is -2.38. The zero-order chi connectivity index (χ0) is 16.1. The summed E-state index contributed by atoms with van der Waals surface area (Å²) < 4.78 is 5.72. The molecule has 1 aromatic rings. The number of nitrogens with zero attached hydrogens (tertiary/aromatic N) is 2. The molecular formula is C17H27N3O2S. The first-order valence-electron chi connectivity index (χ1n) is 8.60. The highest BCUT2D eigenvalue weighted by molar-refractivity contribution is 7.09. The van der Waals surface area contributed by atoms with Crippen molar-refractivity contribution in [3.05, 3.63) is 22.4 Å². The van der Waals surface area contributed by atoms with Crippen LogP contribution in [0, 0.1) is 0 Å². The lowest BCUT2D eigenvalue weighted by molar-refractivity contribution is -0.126. The van der Waals surface area contributed by atoms with E-state index in [0.29, 0.717) is 12.6 Å². The largest absolute Gasteiger partial charge is 0.377 e. The van der Waals surface area contributed by atoms with Crippen LogP contribution in [0.2, 0.25) is 0 Å². The van der Waals surface area contributed by atoms with E-state index in [0.717, 1.165) is 39.3 Å². The Balaban J connectivity index is 1.38. The molecule has 0 bridgehead atoms. The van der Waals surface area contributed by atoms with Gasteiger partial charge in [0.2, 0.25) is 5.91 Å². The van der Waals surface area contributed by atoms with Gasteiger partial charge in [-0.05, 0) is 31.2 Å². The third-order valence-electron chi connectivity index (χ3n) is 4.84. The molecule has 23 heavy (non-hydrogen) atoms. The quantitative estimate of drug-likeness (QED) is 0.855. The SMILES string of the molecule is CC(C(=O)NCc1cccs1)N1CCN(CC2CCCO2)CC1. The van der Waals surface area contributed by atoms with E-state index in [2.05, 4.69) is 21.2 Å². The van der Waals surface area contributed by atoms with Gasteiger partial charge in [0.1, 0.15) is 0 Å². The van der Waals surface area contributed by atoms with Crippen LogP contribution in [0.4, 0.5) is 0 Å². The topological polar surface area (TPSA) is 44.8 Å². The summed E-state index contributed by atoms with van der Waals surface area (Å²) in [4.78, 5) is 18.3. The molecule has 5 nitrogen and oxygen atoms in total. The minimum Gasteiger partial charge on any atom is -0.377 e. The second kappa shape index (κ2) is 8.24. The number of hydrogen-bond acceptors (Lipinski definition) is 5. The van der Waals surface area contributed by atoms with Crippen LogP contribution in [0.3, 0.4) is 0 Å². The Morgan fingerprint density at radius 3 is 2.91 bits per heavy atom. The van der Waals surface area contributed by atoms with E-state index < -0.39 is 0 Å². The van der Waals surface area contributed by atoms with Gasteiger partial charge in [0, 0.05) is 44.2 Å². The van der Waals surface area contributed by atoms with Gasteiger partial charge in [0.25, 0.3) is 0 Å². The predicted octanol–water partition coefficient (Wildman–Crippen LogP) is 1.55. The van der Waals surface area contributed by atoms with Gasteiger partial charge in [0.15, 0.2) is 0 Å². The third-order valence-corrected chi connectivity index (χ3v) is 5.71. The lowest BCUT2D eigenvalue weighted by atomic mass is 10.2. The molecule has 2 fully saturated rings. The average Bonchev–Trinajstić information content (AvgIpc) is 3.26. The summed E-state index contributed by atoms with van der Waals surface area (Å²) in [6, 6.07) is 4.02. The molecule has 2 aliphatic heterocycles. The molecule has 0 aliphatic carbocycles. The van der Waals surface area contributed by atoms with Gasteiger partial charge in [-0.3, -0.25) is 14.6 Å². The number of ether oxygens (including phenoxy) is 1. The number of carbonyl (C=O) groups excluding carboxylic acids is 1. The molecule has 0 radical (unpaired) electrons. The fourth-order valence-electron chi connectivity index (χ4n) is 3.31. The molecule has 0 aromatic carbocycles. The molecule has 6 heteroatoms. The van der Waals surface area contributed by atoms with Crippen molar-refractivity contribution in [1.29, 1.82) is 0 Å². The molecule has 3 rings (SSSR count). The van der Waals surface area contributed by atoms with Crippen LogP contribution in [-0.2, 0) is 16.1 Å². The summed E-state index contributed by atoms with van der Waals surface area (Å²) in [5.41, 5.74) is 0. The highest BCUT2D eigenvalue weighted by atomic mass is 32.1. The van der Waals surface area contributed by atoms with E-state index in [1.165, 1.54) is 17.7 Å². The number of carbonyl (C=O) groups is 1. The fraction of sp³-hybridized carbons (Fsp3) is 0.706. The van der Waals surface area contributed by atoms with Gasteiger partial charge < -0.3 is 10.1 Å². The van der Waals surface area contributed by atoms with Crippen molar-refractivity contribution in [3.8, 4) is 0 Å². The van der Waals surface area contributed by atoms with E-state index in [9.17, 15) is 4.79 Å². The molecule has 0 spiro atoms. The molecule has 1 amide bonds. The van der Waals surface area contributed by atoms with Crippen molar-refractivity contribution >= 4 is 17.2 Å². The first-order chi connectivity index (χ1) is 11.2. The molecule has 1 N–H and O–H groups in total. The third kappa shape index (κ3) is 4.76. The minimum absolute atomic E-state index is 0.0557. The second-order valence-corrected chi connectivity index (χ2v) is 7.48. The predicted molar refractivity (Wildman–Crippen MR) is 92.6 cm³/mol. The van der Waals surface area contributed by atoms with Crippen molar-refractivity contribution in [3.63, 3.8) is 0 Å². The van der Waals surface area contributed by atoms with E-state index in [1.54, 1.807) is 11.3 Å². The molecular weight excluding hydrogens is 310 g/mol. The van der Waals surface area contributed by atoms with E-state index in [-0.39, 0.29) is 11.9 Å². The van der Waals surface area contributed by atoms with Crippen molar-refractivity contribution in [2.24, 2.45) is 0 Å². The smallest absolute Gasteiger partial charge is 0.237 e. The van der Waals surface area contributed by atoms with Crippen LogP contribution in [0.15, 0.2) is 17.5 Å². The van der Waals surface area contributed by atoms with Gasteiger partial charge in [-0.25, -0.2) is 0 Å². The van der Waals surface area contributed by atoms with Crippen molar-refractivity contribution in [2.75, 3.05) is 39.3 Å². The van der Waals surface area contributed by atoms with Crippen LogP contribution in [0.25, 0.3) is 0 Å². The van der Waals surface area contributed by atoms with E-state index in [4.69, 9.17) is 4.74 Å². The zero-order valence-corrected chi connectivity index (χ0v) is 14.7. The van der Waals surface area contributed by atoms with Crippen LogP contribution < -0.4 is 5.32 Å². The molecule has 2 aliphatic rings. The second-order valence-electron chi connectivity index (χ2n) is 6.44. The van der Waals surface area contributed by atoms with E-state index in [1.807, 2.05) is 18.4 Å². The maximum absolute atomic E-state index is 12.3. The average molecular weight is 337 g/mol. The van der Waals surface area contributed by atoms with Gasteiger partial charge in [-0.15, -0.1) is 11.3 Å². The Kier molecular flexibility index (Phi) is 6.05. The van der Waals surface area contributed by atoms with Crippen LogP contribution >= 0.6 is 11.3 Å². The van der Waals surface area contributed by atoms with Gasteiger partial charge in [-0.1, -0.05) is 6.07 Å². The molecule has 2 unspecified atom stereocenters. The summed E-state index contributed by atoms with van der Waals surface area (Å²) in [5.74, 6) is 0.131. The minimum atomic E-state index is -0.0557. The number of thiophene rings is 1. The summed E-state index contributed by atoms with van der Waals surface area (Å²) in [5, 5.41) is 5.09.